The van der Waals surface area contributed by atoms with E-state index in [0.717, 1.165) is 0 Å². The Bertz CT molecular complexity index is 826. The lowest BCUT2D eigenvalue weighted by molar-refractivity contribution is -0.384. The Morgan fingerprint density at radius 2 is 1.46 bits per heavy atom. The Morgan fingerprint density at radius 3 is 1.89 bits per heavy atom. The fourth-order valence-electron chi connectivity index (χ4n) is 2.56. The molecule has 0 aliphatic rings. The molecule has 0 aromatic heterocycles. The van der Waals surface area contributed by atoms with E-state index in [2.05, 4.69) is 5.32 Å². The van der Waals surface area contributed by atoms with Crippen molar-refractivity contribution in [3.05, 3.63) is 70.0 Å². The van der Waals surface area contributed by atoms with Crippen LogP contribution in [0.2, 0.25) is 0 Å². The van der Waals surface area contributed by atoms with Gasteiger partial charge in [-0.3, -0.25) is 14.7 Å². The Morgan fingerprint density at radius 1 is 0.964 bits per heavy atom. The minimum absolute atomic E-state index is 0.0658. The highest BCUT2D eigenvalue weighted by Crippen LogP contribution is 2.62. The van der Waals surface area contributed by atoms with Crippen LogP contribution in [-0.2, 0) is 13.6 Å². The minimum Gasteiger partial charge on any atom is -0.368 e. The van der Waals surface area contributed by atoms with E-state index in [-0.39, 0.29) is 17.9 Å². The summed E-state index contributed by atoms with van der Waals surface area (Å²) in [5, 5.41) is 13.9. The van der Waals surface area contributed by atoms with Crippen molar-refractivity contribution < 1.29 is 22.9 Å². The summed E-state index contributed by atoms with van der Waals surface area (Å²) in [7, 11) is -3.74. The standard InChI is InChI=1S/C19H24FN2O5P/c1-13(2)26-28(25,27-14(3)4)19(15-5-7-16(20)8-6-15)21-17-9-11-18(12-10-17)22(23)24/h5-14,19,21H,1-4H3. The van der Waals surface area contributed by atoms with Gasteiger partial charge in [-0.1, -0.05) is 12.1 Å². The largest absolute Gasteiger partial charge is 0.368 e. The topological polar surface area (TPSA) is 90.7 Å². The molecule has 28 heavy (non-hydrogen) atoms. The number of nitro benzene ring substituents is 1. The van der Waals surface area contributed by atoms with Gasteiger partial charge < -0.3 is 14.4 Å². The maximum absolute atomic E-state index is 13.7. The van der Waals surface area contributed by atoms with E-state index in [1.165, 1.54) is 48.5 Å². The van der Waals surface area contributed by atoms with Crippen molar-refractivity contribution in [1.29, 1.82) is 0 Å². The summed E-state index contributed by atoms with van der Waals surface area (Å²) in [4.78, 5) is 10.4. The molecule has 0 saturated heterocycles. The zero-order valence-electron chi connectivity index (χ0n) is 16.2. The summed E-state index contributed by atoms with van der Waals surface area (Å²) in [6, 6.07) is 11.2. The molecule has 0 spiro atoms. The lowest BCUT2D eigenvalue weighted by atomic mass is 10.2. The van der Waals surface area contributed by atoms with Crippen molar-refractivity contribution in [2.24, 2.45) is 0 Å². The summed E-state index contributed by atoms with van der Waals surface area (Å²) < 4.78 is 38.5. The van der Waals surface area contributed by atoms with Gasteiger partial charge in [-0.2, -0.15) is 0 Å². The second-order valence-electron chi connectivity index (χ2n) is 6.75. The number of hydrogen-bond acceptors (Lipinski definition) is 6. The van der Waals surface area contributed by atoms with Crippen LogP contribution in [0.1, 0.15) is 39.0 Å². The first-order valence-electron chi connectivity index (χ1n) is 8.83. The quantitative estimate of drug-likeness (QED) is 0.315. The molecule has 0 saturated carbocycles. The Balaban J connectivity index is 2.46. The van der Waals surface area contributed by atoms with Crippen LogP contribution in [0.5, 0.6) is 0 Å². The molecule has 0 aliphatic heterocycles. The molecule has 1 N–H and O–H groups in total. The van der Waals surface area contributed by atoms with Crippen LogP contribution in [0.4, 0.5) is 15.8 Å². The molecule has 9 heteroatoms. The van der Waals surface area contributed by atoms with Crippen LogP contribution in [0, 0.1) is 15.9 Å². The van der Waals surface area contributed by atoms with Gasteiger partial charge >= 0.3 is 7.60 Å². The van der Waals surface area contributed by atoms with E-state index < -0.39 is 24.1 Å². The number of hydrogen-bond donors (Lipinski definition) is 1. The van der Waals surface area contributed by atoms with E-state index in [0.29, 0.717) is 11.3 Å². The first-order valence-corrected chi connectivity index (χ1v) is 10.4. The van der Waals surface area contributed by atoms with Crippen molar-refractivity contribution >= 4 is 19.0 Å². The van der Waals surface area contributed by atoms with Gasteiger partial charge in [0.2, 0.25) is 0 Å². The number of rotatable bonds is 9. The van der Waals surface area contributed by atoms with Crippen molar-refractivity contribution in [2.75, 3.05) is 5.32 Å². The van der Waals surface area contributed by atoms with Gasteiger partial charge in [0.25, 0.3) is 5.69 Å². The van der Waals surface area contributed by atoms with Crippen LogP contribution in [0.25, 0.3) is 0 Å². The molecule has 0 heterocycles. The number of nitrogens with zero attached hydrogens (tertiary/aromatic N) is 1. The molecule has 1 unspecified atom stereocenters. The highest BCUT2D eigenvalue weighted by Gasteiger charge is 2.39. The summed E-state index contributed by atoms with van der Waals surface area (Å²) in [6.07, 6.45) is -0.766. The molecule has 2 aromatic rings. The minimum atomic E-state index is -3.74. The van der Waals surface area contributed by atoms with Gasteiger partial charge in [-0.15, -0.1) is 0 Å². The lowest BCUT2D eigenvalue weighted by Crippen LogP contribution is -2.19. The first-order chi connectivity index (χ1) is 13.1. The lowest BCUT2D eigenvalue weighted by Gasteiger charge is -2.31. The van der Waals surface area contributed by atoms with E-state index in [1.54, 1.807) is 27.7 Å². The van der Waals surface area contributed by atoms with E-state index in [9.17, 15) is 19.1 Å². The van der Waals surface area contributed by atoms with Crippen LogP contribution in [0.15, 0.2) is 48.5 Å². The van der Waals surface area contributed by atoms with E-state index in [1.807, 2.05) is 0 Å². The average Bonchev–Trinajstić information content (AvgIpc) is 2.59. The zero-order chi connectivity index (χ0) is 20.9. The van der Waals surface area contributed by atoms with Crippen molar-refractivity contribution in [1.82, 2.24) is 0 Å². The van der Waals surface area contributed by atoms with Crippen LogP contribution in [0.3, 0.4) is 0 Å². The highest BCUT2D eigenvalue weighted by atomic mass is 31.2. The molecule has 2 aromatic carbocycles. The molecule has 7 nitrogen and oxygen atoms in total. The fraction of sp³-hybridized carbons (Fsp3) is 0.368. The molecule has 0 radical (unpaired) electrons. The van der Waals surface area contributed by atoms with Crippen LogP contribution < -0.4 is 5.32 Å². The molecule has 0 bridgehead atoms. The molecule has 1 atom stereocenters. The number of benzene rings is 2. The first kappa shape index (κ1) is 22.0. The predicted octanol–water partition coefficient (Wildman–Crippen LogP) is 5.89. The van der Waals surface area contributed by atoms with Crippen molar-refractivity contribution in [3.63, 3.8) is 0 Å². The summed E-state index contributed by atoms with van der Waals surface area (Å²) in [5.41, 5.74) is 0.924. The van der Waals surface area contributed by atoms with Crippen LogP contribution in [-0.4, -0.2) is 17.1 Å². The maximum atomic E-state index is 13.7. The SMILES string of the molecule is CC(C)OP(=O)(OC(C)C)C(Nc1ccc([N+](=O)[O-])cc1)c1ccc(F)cc1. The highest BCUT2D eigenvalue weighted by molar-refractivity contribution is 7.54. The molecule has 0 fully saturated rings. The zero-order valence-corrected chi connectivity index (χ0v) is 17.1. The predicted molar refractivity (Wildman–Crippen MR) is 106 cm³/mol. The summed E-state index contributed by atoms with van der Waals surface area (Å²) in [6.45, 7) is 6.96. The normalized spacial score (nSPS) is 13.0. The summed E-state index contributed by atoms with van der Waals surface area (Å²) in [5.74, 6) is -1.36. The second kappa shape index (κ2) is 9.28. The van der Waals surface area contributed by atoms with Gasteiger partial charge in [0, 0.05) is 17.8 Å². The number of non-ortho nitro benzene ring substituents is 1. The van der Waals surface area contributed by atoms with Crippen molar-refractivity contribution in [3.8, 4) is 0 Å². The van der Waals surface area contributed by atoms with E-state index >= 15 is 0 Å². The molecule has 2 rings (SSSR count). The third-order valence-corrected chi connectivity index (χ3v) is 6.09. The molecular weight excluding hydrogens is 386 g/mol. The third kappa shape index (κ3) is 5.86. The maximum Gasteiger partial charge on any atom is 0.357 e. The van der Waals surface area contributed by atoms with Gasteiger partial charge in [-0.05, 0) is 57.5 Å². The van der Waals surface area contributed by atoms with Crippen LogP contribution >= 0.6 is 7.60 Å². The monoisotopic (exact) mass is 410 g/mol. The average molecular weight is 410 g/mol. The Labute approximate surface area is 163 Å². The fourth-order valence-corrected chi connectivity index (χ4v) is 4.87. The van der Waals surface area contributed by atoms with Gasteiger partial charge in [0.15, 0.2) is 5.78 Å². The smallest absolute Gasteiger partial charge is 0.357 e. The Kier molecular flexibility index (Phi) is 7.29. The van der Waals surface area contributed by atoms with Gasteiger partial charge in [0.05, 0.1) is 17.1 Å². The molecule has 0 aliphatic carbocycles. The second-order valence-corrected chi connectivity index (χ2v) is 8.77. The number of halogens is 1. The van der Waals surface area contributed by atoms with E-state index in [4.69, 9.17) is 9.05 Å². The number of anilines is 1. The van der Waals surface area contributed by atoms with Crippen molar-refractivity contribution in [2.45, 2.75) is 45.7 Å². The number of nitrogens with one attached hydrogen (secondary N) is 1. The van der Waals surface area contributed by atoms with Gasteiger partial charge in [0.1, 0.15) is 5.82 Å². The molecular formula is C19H24FN2O5P. The Hall–Kier alpha value is -2.28. The third-order valence-electron chi connectivity index (χ3n) is 3.60. The molecule has 0 amide bonds. The van der Waals surface area contributed by atoms with Gasteiger partial charge in [-0.25, -0.2) is 4.39 Å². The molecule has 152 valence electrons. The summed E-state index contributed by atoms with van der Waals surface area (Å²) >= 11 is 0. The number of nitro groups is 1.